The molecule has 1 aromatic rings. The normalized spacial score (nSPS) is 24.8. The van der Waals surface area contributed by atoms with Crippen LogP contribution in [0.1, 0.15) is 17.7 Å². The lowest BCUT2D eigenvalue weighted by Crippen LogP contribution is -2.47. The van der Waals surface area contributed by atoms with E-state index in [0.29, 0.717) is 18.7 Å². The van der Waals surface area contributed by atoms with Gasteiger partial charge in [0.25, 0.3) is 0 Å². The summed E-state index contributed by atoms with van der Waals surface area (Å²) in [6.07, 6.45) is 2.55. The smallest absolute Gasteiger partial charge is 0.0701 e. The van der Waals surface area contributed by atoms with Crippen molar-refractivity contribution in [2.45, 2.75) is 31.5 Å². The predicted molar refractivity (Wildman–Crippen MR) is 82.6 cm³/mol. The van der Waals surface area contributed by atoms with Gasteiger partial charge in [-0.1, -0.05) is 0 Å². The Morgan fingerprint density at radius 3 is 2.89 bits per heavy atom. The van der Waals surface area contributed by atoms with Gasteiger partial charge >= 0.3 is 0 Å². The van der Waals surface area contributed by atoms with Crippen molar-refractivity contribution in [2.75, 3.05) is 20.2 Å². The molecule has 0 radical (unpaired) electrons. The van der Waals surface area contributed by atoms with Crippen molar-refractivity contribution in [3.63, 3.8) is 0 Å². The van der Waals surface area contributed by atoms with Gasteiger partial charge in [-0.15, -0.1) is 23.7 Å². The van der Waals surface area contributed by atoms with Gasteiger partial charge in [-0.2, -0.15) is 0 Å². The van der Waals surface area contributed by atoms with Gasteiger partial charge in [0.2, 0.25) is 0 Å². The second-order valence-corrected chi connectivity index (χ2v) is 7.00. The Kier molecular flexibility index (Phi) is 7.13. The third-order valence-electron chi connectivity index (χ3n) is 3.38. The van der Waals surface area contributed by atoms with Crippen molar-refractivity contribution in [3.05, 3.63) is 20.8 Å². The molecular formula is C12H20BrClN2OS. The molecule has 2 rings (SSSR count). The number of halogens is 2. The maximum absolute atomic E-state index is 5.87. The van der Waals surface area contributed by atoms with Gasteiger partial charge in [-0.05, 0) is 40.9 Å². The van der Waals surface area contributed by atoms with E-state index in [2.05, 4.69) is 33.0 Å². The summed E-state index contributed by atoms with van der Waals surface area (Å²) in [7, 11) is 1.80. The van der Waals surface area contributed by atoms with E-state index in [9.17, 15) is 0 Å². The van der Waals surface area contributed by atoms with Crippen LogP contribution in [0.3, 0.4) is 0 Å². The molecule has 0 aromatic carbocycles. The van der Waals surface area contributed by atoms with Gasteiger partial charge in [0.1, 0.15) is 0 Å². The van der Waals surface area contributed by atoms with Crippen LogP contribution in [-0.2, 0) is 11.3 Å². The monoisotopic (exact) mass is 354 g/mol. The van der Waals surface area contributed by atoms with Crippen LogP contribution in [0.5, 0.6) is 0 Å². The molecule has 18 heavy (non-hydrogen) atoms. The number of hydrogen-bond acceptors (Lipinski definition) is 4. The average molecular weight is 356 g/mol. The number of nitrogens with two attached hydrogens (primary N) is 1. The van der Waals surface area contributed by atoms with Crippen molar-refractivity contribution < 1.29 is 4.74 Å². The summed E-state index contributed by atoms with van der Waals surface area (Å²) in [4.78, 5) is 3.87. The van der Waals surface area contributed by atoms with Gasteiger partial charge in [0, 0.05) is 37.7 Å². The van der Waals surface area contributed by atoms with E-state index < -0.39 is 0 Å². The molecule has 0 amide bonds. The molecule has 1 fully saturated rings. The standard InChI is InChI=1S/C12H19BrN2OS.ClH/c1-16-10-4-5-15(9(6-10)7-14)8-11-2-3-12(13)17-11;/h2-3,9-10H,4-8,14H2,1H3;1H. The first-order chi connectivity index (χ1) is 8.22. The number of methoxy groups -OCH3 is 1. The molecule has 1 saturated heterocycles. The minimum Gasteiger partial charge on any atom is -0.381 e. The first kappa shape index (κ1) is 16.4. The second-order valence-electron chi connectivity index (χ2n) is 4.45. The number of likely N-dealkylation sites (tertiary alicyclic amines) is 1. The van der Waals surface area contributed by atoms with Crippen molar-refractivity contribution in [1.29, 1.82) is 0 Å². The summed E-state index contributed by atoms with van der Waals surface area (Å²) < 4.78 is 6.64. The number of piperidine rings is 1. The van der Waals surface area contributed by atoms with E-state index in [1.807, 2.05) is 0 Å². The van der Waals surface area contributed by atoms with Crippen molar-refractivity contribution in [2.24, 2.45) is 5.73 Å². The lowest BCUT2D eigenvalue weighted by atomic mass is 9.99. The van der Waals surface area contributed by atoms with Crippen LogP contribution in [0.25, 0.3) is 0 Å². The van der Waals surface area contributed by atoms with Gasteiger partial charge < -0.3 is 10.5 Å². The maximum Gasteiger partial charge on any atom is 0.0701 e. The zero-order valence-corrected chi connectivity index (χ0v) is 13.7. The van der Waals surface area contributed by atoms with Crippen LogP contribution in [0.4, 0.5) is 0 Å². The highest BCUT2D eigenvalue weighted by atomic mass is 79.9. The molecule has 1 aliphatic heterocycles. The average Bonchev–Trinajstić information content (AvgIpc) is 2.75. The zero-order chi connectivity index (χ0) is 12.3. The Morgan fingerprint density at radius 1 is 1.56 bits per heavy atom. The van der Waals surface area contributed by atoms with Crippen LogP contribution in [0.2, 0.25) is 0 Å². The number of ether oxygens (including phenoxy) is 1. The summed E-state index contributed by atoms with van der Waals surface area (Å²) in [5.41, 5.74) is 5.87. The molecule has 1 aromatic heterocycles. The van der Waals surface area contributed by atoms with Gasteiger partial charge in [-0.25, -0.2) is 0 Å². The molecule has 2 heterocycles. The number of hydrogen-bond donors (Lipinski definition) is 1. The number of nitrogens with zero attached hydrogens (tertiary/aromatic N) is 1. The minimum atomic E-state index is 0. The molecule has 0 bridgehead atoms. The summed E-state index contributed by atoms with van der Waals surface area (Å²) >= 11 is 5.31. The SMILES string of the molecule is COC1CCN(Cc2ccc(Br)s2)C(CN)C1.Cl. The molecule has 2 N–H and O–H groups in total. The highest BCUT2D eigenvalue weighted by molar-refractivity contribution is 9.11. The van der Waals surface area contributed by atoms with Gasteiger partial charge in [0.15, 0.2) is 0 Å². The molecule has 1 aliphatic rings. The van der Waals surface area contributed by atoms with Crippen molar-refractivity contribution in [3.8, 4) is 0 Å². The first-order valence-electron chi connectivity index (χ1n) is 5.94. The highest BCUT2D eigenvalue weighted by Crippen LogP contribution is 2.26. The van der Waals surface area contributed by atoms with Crippen molar-refractivity contribution in [1.82, 2.24) is 4.90 Å². The fourth-order valence-corrected chi connectivity index (χ4v) is 3.88. The Hall–Kier alpha value is 0.350. The molecular weight excluding hydrogens is 336 g/mol. The number of rotatable bonds is 4. The lowest BCUT2D eigenvalue weighted by Gasteiger charge is -2.38. The van der Waals surface area contributed by atoms with Crippen LogP contribution < -0.4 is 5.73 Å². The van der Waals surface area contributed by atoms with E-state index in [4.69, 9.17) is 10.5 Å². The van der Waals surface area contributed by atoms with E-state index in [-0.39, 0.29) is 12.4 Å². The maximum atomic E-state index is 5.87. The van der Waals surface area contributed by atoms with Gasteiger partial charge in [-0.3, -0.25) is 4.90 Å². The molecule has 0 spiro atoms. The summed E-state index contributed by atoms with van der Waals surface area (Å²) in [6.45, 7) is 2.80. The van der Waals surface area contributed by atoms with E-state index >= 15 is 0 Å². The van der Waals surface area contributed by atoms with Crippen LogP contribution >= 0.6 is 39.7 Å². The third kappa shape index (κ3) is 4.18. The third-order valence-corrected chi connectivity index (χ3v) is 4.99. The number of thiophene rings is 1. The predicted octanol–water partition coefficient (Wildman–Crippen LogP) is 2.87. The molecule has 104 valence electrons. The Balaban J connectivity index is 0.00000162. The highest BCUT2D eigenvalue weighted by Gasteiger charge is 2.27. The molecule has 2 atom stereocenters. The topological polar surface area (TPSA) is 38.5 Å². The molecule has 0 aliphatic carbocycles. The Bertz CT molecular complexity index is 364. The van der Waals surface area contributed by atoms with Crippen LogP contribution in [-0.4, -0.2) is 37.2 Å². The lowest BCUT2D eigenvalue weighted by molar-refractivity contribution is 0.0106. The van der Waals surface area contributed by atoms with Crippen molar-refractivity contribution >= 4 is 39.7 Å². The van der Waals surface area contributed by atoms with Crippen LogP contribution in [0.15, 0.2) is 15.9 Å². The van der Waals surface area contributed by atoms with E-state index in [0.717, 1.165) is 25.9 Å². The fourth-order valence-electron chi connectivity index (χ4n) is 2.37. The Labute approximate surface area is 127 Å². The van der Waals surface area contributed by atoms with Gasteiger partial charge in [0.05, 0.1) is 9.89 Å². The Morgan fingerprint density at radius 2 is 2.33 bits per heavy atom. The first-order valence-corrected chi connectivity index (χ1v) is 7.55. The quantitative estimate of drug-likeness (QED) is 0.902. The van der Waals surface area contributed by atoms with Crippen LogP contribution in [0, 0.1) is 0 Å². The molecule has 2 unspecified atom stereocenters. The summed E-state index contributed by atoms with van der Waals surface area (Å²) in [5, 5.41) is 0. The molecule has 0 saturated carbocycles. The zero-order valence-electron chi connectivity index (χ0n) is 10.5. The fraction of sp³-hybridized carbons (Fsp3) is 0.667. The minimum absolute atomic E-state index is 0. The largest absolute Gasteiger partial charge is 0.381 e. The second kappa shape index (κ2) is 7.82. The summed E-state index contributed by atoms with van der Waals surface area (Å²) in [5.74, 6) is 0. The van der Waals surface area contributed by atoms with E-state index in [1.165, 1.54) is 8.66 Å². The molecule has 6 heteroatoms. The summed E-state index contributed by atoms with van der Waals surface area (Å²) in [6, 6.07) is 4.75. The van der Waals surface area contributed by atoms with E-state index in [1.54, 1.807) is 18.4 Å². The molecule has 3 nitrogen and oxygen atoms in total.